The number of benzene rings is 1. The Morgan fingerprint density at radius 3 is 2.44 bits per heavy atom. The monoisotopic (exact) mass is 384 g/mol. The molecule has 140 valence electrons. The van der Waals surface area contributed by atoms with Crippen molar-refractivity contribution in [1.29, 1.82) is 0 Å². The Morgan fingerprint density at radius 2 is 1.74 bits per heavy atom. The number of aromatic nitrogens is 2. The van der Waals surface area contributed by atoms with Crippen LogP contribution < -0.4 is 0 Å². The second-order valence-corrected chi connectivity index (χ2v) is 8.29. The van der Waals surface area contributed by atoms with Crippen LogP contribution in [0.3, 0.4) is 0 Å². The minimum absolute atomic E-state index is 0.235. The molecule has 27 heavy (non-hydrogen) atoms. The number of oxazole rings is 1. The van der Waals surface area contributed by atoms with Gasteiger partial charge in [-0.1, -0.05) is 30.3 Å². The van der Waals surface area contributed by atoms with Crippen LogP contribution >= 0.6 is 0 Å². The predicted octanol–water partition coefficient (Wildman–Crippen LogP) is 2.24. The highest BCUT2D eigenvalue weighted by molar-refractivity contribution is 7.89. The van der Waals surface area contributed by atoms with Crippen molar-refractivity contribution >= 4 is 10.0 Å². The van der Waals surface area contributed by atoms with Crippen molar-refractivity contribution in [2.24, 2.45) is 0 Å². The van der Waals surface area contributed by atoms with Gasteiger partial charge in [0.25, 0.3) is 0 Å². The number of piperazine rings is 1. The molecule has 4 rings (SSSR count). The van der Waals surface area contributed by atoms with Crippen LogP contribution in [-0.2, 0) is 16.6 Å². The first-order chi connectivity index (χ1) is 13.1. The molecule has 1 saturated heterocycles. The second-order valence-electron chi connectivity index (χ2n) is 6.35. The van der Waals surface area contributed by atoms with Gasteiger partial charge in [-0.3, -0.25) is 9.88 Å². The van der Waals surface area contributed by atoms with Crippen LogP contribution in [-0.4, -0.2) is 53.8 Å². The van der Waals surface area contributed by atoms with Crippen molar-refractivity contribution < 1.29 is 12.8 Å². The summed E-state index contributed by atoms with van der Waals surface area (Å²) in [4.78, 5) is 10.6. The summed E-state index contributed by atoms with van der Waals surface area (Å²) in [5, 5.41) is 0. The van der Waals surface area contributed by atoms with Crippen molar-refractivity contribution in [2.75, 3.05) is 26.2 Å². The maximum atomic E-state index is 12.6. The summed E-state index contributed by atoms with van der Waals surface area (Å²) in [5.41, 5.74) is 0.989. The van der Waals surface area contributed by atoms with Crippen molar-refractivity contribution in [3.63, 3.8) is 0 Å². The average Bonchev–Trinajstić information content (AvgIpc) is 3.18. The molecule has 0 unspecified atom stereocenters. The summed E-state index contributed by atoms with van der Waals surface area (Å²) in [6, 6.07) is 13.0. The van der Waals surface area contributed by atoms with E-state index in [-0.39, 0.29) is 4.90 Å². The predicted molar refractivity (Wildman–Crippen MR) is 100 cm³/mol. The minimum Gasteiger partial charge on any atom is -0.439 e. The van der Waals surface area contributed by atoms with Gasteiger partial charge in [-0.25, -0.2) is 13.4 Å². The van der Waals surface area contributed by atoms with E-state index < -0.39 is 10.0 Å². The highest BCUT2D eigenvalue weighted by atomic mass is 32.2. The largest absolute Gasteiger partial charge is 0.439 e. The van der Waals surface area contributed by atoms with Crippen LogP contribution in [0.5, 0.6) is 0 Å². The molecule has 1 aliphatic rings. The van der Waals surface area contributed by atoms with Gasteiger partial charge in [0.15, 0.2) is 5.76 Å². The number of nitrogens with zero attached hydrogens (tertiary/aromatic N) is 4. The first-order valence-electron chi connectivity index (χ1n) is 8.75. The molecule has 1 aliphatic heterocycles. The van der Waals surface area contributed by atoms with Crippen LogP contribution in [0.15, 0.2) is 70.4 Å². The number of hydrogen-bond donors (Lipinski definition) is 0. The lowest BCUT2D eigenvalue weighted by molar-refractivity contribution is 0.168. The average molecular weight is 384 g/mol. The van der Waals surface area contributed by atoms with E-state index in [0.29, 0.717) is 38.6 Å². The fourth-order valence-corrected chi connectivity index (χ4v) is 4.47. The molecule has 3 heterocycles. The zero-order valence-electron chi connectivity index (χ0n) is 14.7. The fraction of sp³-hybridized carbons (Fsp3) is 0.263. The van der Waals surface area contributed by atoms with Crippen LogP contribution in [0.1, 0.15) is 5.89 Å². The number of sulfonamides is 1. The molecule has 7 nitrogen and oxygen atoms in total. The minimum atomic E-state index is -3.49. The van der Waals surface area contributed by atoms with Crippen LogP contribution in [0.25, 0.3) is 11.3 Å². The van der Waals surface area contributed by atoms with Gasteiger partial charge in [-0.15, -0.1) is 0 Å². The van der Waals surface area contributed by atoms with Crippen LogP contribution in [0.4, 0.5) is 0 Å². The lowest BCUT2D eigenvalue weighted by atomic mass is 10.2. The Bertz CT molecular complexity index is 982. The topological polar surface area (TPSA) is 79.5 Å². The van der Waals surface area contributed by atoms with Gasteiger partial charge < -0.3 is 4.42 Å². The molecule has 0 radical (unpaired) electrons. The van der Waals surface area contributed by atoms with Crippen molar-refractivity contribution in [1.82, 2.24) is 19.2 Å². The van der Waals surface area contributed by atoms with E-state index in [1.54, 1.807) is 24.5 Å². The maximum absolute atomic E-state index is 12.6. The summed E-state index contributed by atoms with van der Waals surface area (Å²) >= 11 is 0. The lowest BCUT2D eigenvalue weighted by Gasteiger charge is -2.33. The van der Waals surface area contributed by atoms with Crippen molar-refractivity contribution in [2.45, 2.75) is 11.4 Å². The van der Waals surface area contributed by atoms with E-state index in [9.17, 15) is 8.42 Å². The molecule has 1 fully saturated rings. The SMILES string of the molecule is O=S(=O)(c1cccnc1)N1CCN(Cc2ncc(-c3ccccc3)o2)CC1. The van der Waals surface area contributed by atoms with Crippen molar-refractivity contribution in [3.05, 3.63) is 66.9 Å². The Balaban J connectivity index is 1.37. The van der Waals surface area contributed by atoms with Gasteiger partial charge in [0.1, 0.15) is 4.90 Å². The Morgan fingerprint density at radius 1 is 0.963 bits per heavy atom. The third-order valence-electron chi connectivity index (χ3n) is 4.57. The molecule has 2 aromatic heterocycles. The normalized spacial score (nSPS) is 16.4. The van der Waals surface area contributed by atoms with E-state index in [4.69, 9.17) is 4.42 Å². The number of pyridine rings is 1. The highest BCUT2D eigenvalue weighted by Crippen LogP contribution is 2.21. The molecular weight excluding hydrogens is 364 g/mol. The van der Waals surface area contributed by atoms with Gasteiger partial charge in [0.2, 0.25) is 15.9 Å². The quantitative estimate of drug-likeness (QED) is 0.671. The fourth-order valence-electron chi connectivity index (χ4n) is 3.09. The number of hydrogen-bond acceptors (Lipinski definition) is 6. The summed E-state index contributed by atoms with van der Waals surface area (Å²) < 4.78 is 32.6. The molecule has 0 aliphatic carbocycles. The van der Waals surface area contributed by atoms with E-state index >= 15 is 0 Å². The Labute approximate surface area is 158 Å². The van der Waals surface area contributed by atoms with Gasteiger partial charge in [0.05, 0.1) is 12.7 Å². The van der Waals surface area contributed by atoms with Gasteiger partial charge in [0, 0.05) is 44.1 Å². The van der Waals surface area contributed by atoms with Gasteiger partial charge in [-0.2, -0.15) is 4.31 Å². The molecular formula is C19H20N4O3S. The molecule has 0 bridgehead atoms. The Hall–Kier alpha value is -2.55. The standard InChI is InChI=1S/C19H20N4O3S/c24-27(25,17-7-4-8-20-13-17)23-11-9-22(10-12-23)15-19-21-14-18(26-19)16-5-2-1-3-6-16/h1-8,13-14H,9-12,15H2. The van der Waals surface area contributed by atoms with Gasteiger partial charge >= 0.3 is 0 Å². The van der Waals surface area contributed by atoms with Gasteiger partial charge in [-0.05, 0) is 12.1 Å². The molecule has 0 amide bonds. The van der Waals surface area contributed by atoms with E-state index in [2.05, 4.69) is 14.9 Å². The lowest BCUT2D eigenvalue weighted by Crippen LogP contribution is -2.48. The third kappa shape index (κ3) is 3.92. The van der Waals surface area contributed by atoms with E-state index in [1.165, 1.54) is 10.5 Å². The summed E-state index contributed by atoms with van der Waals surface area (Å²) in [6.07, 6.45) is 4.68. The third-order valence-corrected chi connectivity index (χ3v) is 6.46. The molecule has 8 heteroatoms. The summed E-state index contributed by atoms with van der Waals surface area (Å²) in [6.45, 7) is 2.69. The van der Waals surface area contributed by atoms with Crippen LogP contribution in [0, 0.1) is 0 Å². The van der Waals surface area contributed by atoms with Crippen molar-refractivity contribution in [3.8, 4) is 11.3 Å². The summed E-state index contributed by atoms with van der Waals surface area (Å²) in [5.74, 6) is 1.38. The summed E-state index contributed by atoms with van der Waals surface area (Å²) in [7, 11) is -3.49. The molecule has 0 atom stereocenters. The highest BCUT2D eigenvalue weighted by Gasteiger charge is 2.29. The van der Waals surface area contributed by atoms with Crippen LogP contribution in [0.2, 0.25) is 0 Å². The Kier molecular flexibility index (Phi) is 5.02. The molecule has 1 aromatic carbocycles. The molecule has 0 N–H and O–H groups in total. The first-order valence-corrected chi connectivity index (χ1v) is 10.2. The van der Waals surface area contributed by atoms with E-state index in [1.807, 2.05) is 30.3 Å². The molecule has 3 aromatic rings. The zero-order chi connectivity index (χ0) is 18.7. The maximum Gasteiger partial charge on any atom is 0.244 e. The second kappa shape index (κ2) is 7.59. The molecule has 0 spiro atoms. The molecule has 0 saturated carbocycles. The number of rotatable bonds is 5. The zero-order valence-corrected chi connectivity index (χ0v) is 15.5. The smallest absolute Gasteiger partial charge is 0.244 e. The van der Waals surface area contributed by atoms with E-state index in [0.717, 1.165) is 11.3 Å². The first kappa shape index (κ1) is 17.8.